The number of carbonyl (C=O) groups is 1. The van der Waals surface area contributed by atoms with Crippen LogP contribution in [0.3, 0.4) is 0 Å². The van der Waals surface area contributed by atoms with Gasteiger partial charge in [0.1, 0.15) is 0 Å². The number of benzene rings is 1. The van der Waals surface area contributed by atoms with Crippen molar-refractivity contribution >= 4 is 5.91 Å². The summed E-state index contributed by atoms with van der Waals surface area (Å²) in [5, 5.41) is 9.53. The standard InChI is InChI=1S/C12H16N2O3.C2H6/c1-12(2)10(13-14-11(12)16)7-4-5-8(15)9(6-7)17-3;1-2/h4-6,10,13,15H,1-3H3,(H,14,16);1-2H3. The number of nitrogens with one attached hydrogen (secondary N) is 2. The molecule has 1 unspecified atom stereocenters. The second-order valence-corrected chi connectivity index (χ2v) is 4.68. The van der Waals surface area contributed by atoms with E-state index in [1.165, 1.54) is 7.11 Å². The van der Waals surface area contributed by atoms with Gasteiger partial charge in [0.15, 0.2) is 11.5 Å². The quantitative estimate of drug-likeness (QED) is 0.767. The number of hydrazine groups is 1. The third-order valence-electron chi connectivity index (χ3n) is 3.17. The second-order valence-electron chi connectivity index (χ2n) is 4.68. The van der Waals surface area contributed by atoms with Crippen LogP contribution < -0.4 is 15.6 Å². The fraction of sp³-hybridized carbons (Fsp3) is 0.500. The molecule has 1 aromatic rings. The van der Waals surface area contributed by atoms with Crippen LogP contribution in [-0.4, -0.2) is 18.1 Å². The van der Waals surface area contributed by atoms with Gasteiger partial charge in [-0.1, -0.05) is 19.9 Å². The molecule has 2 rings (SSSR count). The van der Waals surface area contributed by atoms with E-state index in [9.17, 15) is 9.90 Å². The lowest BCUT2D eigenvalue weighted by molar-refractivity contribution is -0.126. The van der Waals surface area contributed by atoms with Gasteiger partial charge in [0.25, 0.3) is 0 Å². The van der Waals surface area contributed by atoms with E-state index < -0.39 is 5.41 Å². The van der Waals surface area contributed by atoms with Gasteiger partial charge in [-0.25, -0.2) is 5.43 Å². The number of hydrogen-bond acceptors (Lipinski definition) is 4. The number of phenolic OH excluding ortho intramolecular Hbond substituents is 1. The molecule has 19 heavy (non-hydrogen) atoms. The highest BCUT2D eigenvalue weighted by Gasteiger charge is 2.43. The van der Waals surface area contributed by atoms with Crippen molar-refractivity contribution < 1.29 is 14.6 Å². The van der Waals surface area contributed by atoms with Crippen LogP contribution in [0.1, 0.15) is 39.3 Å². The lowest BCUT2D eigenvalue weighted by atomic mass is 9.81. The first-order chi connectivity index (χ1) is 8.96. The second kappa shape index (κ2) is 5.93. The van der Waals surface area contributed by atoms with Crippen molar-refractivity contribution in [1.82, 2.24) is 10.9 Å². The van der Waals surface area contributed by atoms with Crippen molar-refractivity contribution in [3.63, 3.8) is 0 Å². The molecule has 0 aliphatic carbocycles. The number of carbonyl (C=O) groups excluding carboxylic acids is 1. The van der Waals surface area contributed by atoms with Gasteiger partial charge >= 0.3 is 0 Å². The van der Waals surface area contributed by atoms with Crippen molar-refractivity contribution in [1.29, 1.82) is 0 Å². The molecule has 1 aliphatic heterocycles. The van der Waals surface area contributed by atoms with Crippen LogP contribution in [0.4, 0.5) is 0 Å². The van der Waals surface area contributed by atoms with E-state index in [1.807, 2.05) is 27.7 Å². The Morgan fingerprint density at radius 2 is 1.95 bits per heavy atom. The first-order valence-corrected chi connectivity index (χ1v) is 6.39. The van der Waals surface area contributed by atoms with E-state index in [4.69, 9.17) is 4.74 Å². The van der Waals surface area contributed by atoms with Gasteiger partial charge in [0.2, 0.25) is 5.91 Å². The van der Waals surface area contributed by atoms with Crippen LogP contribution in [0.25, 0.3) is 0 Å². The molecule has 1 aliphatic rings. The Hall–Kier alpha value is -1.75. The highest BCUT2D eigenvalue weighted by atomic mass is 16.5. The third-order valence-corrected chi connectivity index (χ3v) is 3.17. The lowest BCUT2D eigenvalue weighted by Gasteiger charge is -2.23. The fourth-order valence-corrected chi connectivity index (χ4v) is 1.98. The molecule has 5 heteroatoms. The SMILES string of the molecule is CC.COc1cc(C2NNC(=O)C2(C)C)ccc1O. The Kier molecular flexibility index (Phi) is 4.78. The van der Waals surface area contributed by atoms with Crippen LogP contribution in [0, 0.1) is 5.41 Å². The van der Waals surface area contributed by atoms with Crippen molar-refractivity contribution in [2.45, 2.75) is 33.7 Å². The first-order valence-electron chi connectivity index (χ1n) is 6.39. The van der Waals surface area contributed by atoms with E-state index in [0.717, 1.165) is 5.56 Å². The summed E-state index contributed by atoms with van der Waals surface area (Å²) in [6.45, 7) is 7.73. The zero-order valence-corrected chi connectivity index (χ0v) is 12.1. The molecule has 1 aromatic carbocycles. The number of aromatic hydroxyl groups is 1. The molecule has 1 fully saturated rings. The van der Waals surface area contributed by atoms with Crippen LogP contribution in [0.15, 0.2) is 18.2 Å². The van der Waals surface area contributed by atoms with Crippen LogP contribution >= 0.6 is 0 Å². The monoisotopic (exact) mass is 266 g/mol. The predicted molar refractivity (Wildman–Crippen MR) is 73.8 cm³/mol. The number of hydrogen-bond donors (Lipinski definition) is 3. The van der Waals surface area contributed by atoms with E-state index >= 15 is 0 Å². The van der Waals surface area contributed by atoms with E-state index in [1.54, 1.807) is 18.2 Å². The zero-order chi connectivity index (χ0) is 14.6. The molecule has 1 saturated heterocycles. The molecule has 1 atom stereocenters. The van der Waals surface area contributed by atoms with Crippen LogP contribution in [0.2, 0.25) is 0 Å². The lowest BCUT2D eigenvalue weighted by Crippen LogP contribution is -2.28. The zero-order valence-electron chi connectivity index (χ0n) is 12.1. The van der Waals surface area contributed by atoms with Gasteiger partial charge in [-0.05, 0) is 31.5 Å². The Bertz CT molecular complexity index is 458. The minimum atomic E-state index is -0.540. The van der Waals surface area contributed by atoms with E-state index in [-0.39, 0.29) is 17.7 Å². The maximum atomic E-state index is 11.6. The van der Waals surface area contributed by atoms with Crippen LogP contribution in [0.5, 0.6) is 11.5 Å². The molecular weight excluding hydrogens is 244 g/mol. The average Bonchev–Trinajstić information content (AvgIpc) is 2.68. The summed E-state index contributed by atoms with van der Waals surface area (Å²) in [5.74, 6) is 0.445. The molecule has 0 aromatic heterocycles. The summed E-state index contributed by atoms with van der Waals surface area (Å²) in [7, 11) is 1.50. The summed E-state index contributed by atoms with van der Waals surface area (Å²) in [5.41, 5.74) is 5.92. The molecule has 0 radical (unpaired) electrons. The molecule has 5 nitrogen and oxygen atoms in total. The minimum Gasteiger partial charge on any atom is -0.504 e. The highest BCUT2D eigenvalue weighted by molar-refractivity contribution is 5.84. The topological polar surface area (TPSA) is 70.6 Å². The largest absolute Gasteiger partial charge is 0.504 e. The maximum Gasteiger partial charge on any atom is 0.241 e. The number of methoxy groups -OCH3 is 1. The van der Waals surface area contributed by atoms with Gasteiger partial charge in [0, 0.05) is 0 Å². The Morgan fingerprint density at radius 3 is 2.42 bits per heavy atom. The van der Waals surface area contributed by atoms with Gasteiger partial charge in [-0.2, -0.15) is 0 Å². The average molecular weight is 266 g/mol. The highest BCUT2D eigenvalue weighted by Crippen LogP contribution is 2.39. The van der Waals surface area contributed by atoms with Gasteiger partial charge in [-0.15, -0.1) is 0 Å². The molecule has 3 N–H and O–H groups in total. The molecule has 0 saturated carbocycles. The fourth-order valence-electron chi connectivity index (χ4n) is 1.98. The summed E-state index contributed by atoms with van der Waals surface area (Å²) in [6, 6.07) is 4.92. The Morgan fingerprint density at radius 1 is 1.32 bits per heavy atom. The van der Waals surface area contributed by atoms with Gasteiger partial charge in [-0.3, -0.25) is 10.2 Å². The molecule has 106 valence electrons. The third kappa shape index (κ3) is 2.81. The van der Waals surface area contributed by atoms with E-state index in [0.29, 0.717) is 5.75 Å². The summed E-state index contributed by atoms with van der Waals surface area (Å²) in [4.78, 5) is 11.6. The van der Waals surface area contributed by atoms with Crippen molar-refractivity contribution in [2.24, 2.45) is 5.41 Å². The molecular formula is C14H22N2O3. The summed E-state index contributed by atoms with van der Waals surface area (Å²) >= 11 is 0. The predicted octanol–water partition coefficient (Wildman–Crippen LogP) is 2.13. The Balaban J connectivity index is 0.000000861. The summed E-state index contributed by atoms with van der Waals surface area (Å²) < 4.78 is 5.06. The smallest absolute Gasteiger partial charge is 0.241 e. The normalized spacial score (nSPS) is 20.3. The molecule has 1 heterocycles. The number of rotatable bonds is 2. The minimum absolute atomic E-state index is 0.0467. The number of ether oxygens (including phenoxy) is 1. The Labute approximate surface area is 113 Å². The van der Waals surface area contributed by atoms with Crippen molar-refractivity contribution in [3.05, 3.63) is 23.8 Å². The molecule has 0 spiro atoms. The van der Waals surface area contributed by atoms with Gasteiger partial charge < -0.3 is 9.84 Å². The molecule has 0 bridgehead atoms. The molecule has 1 amide bonds. The summed E-state index contributed by atoms with van der Waals surface area (Å²) in [6.07, 6.45) is 0. The van der Waals surface area contributed by atoms with Gasteiger partial charge in [0.05, 0.1) is 18.6 Å². The number of amides is 1. The first kappa shape index (κ1) is 15.3. The van der Waals surface area contributed by atoms with E-state index in [2.05, 4.69) is 10.9 Å². The van der Waals surface area contributed by atoms with Crippen LogP contribution in [-0.2, 0) is 4.79 Å². The van der Waals surface area contributed by atoms with Crippen molar-refractivity contribution in [3.8, 4) is 11.5 Å². The maximum absolute atomic E-state index is 11.6. The number of phenols is 1. The van der Waals surface area contributed by atoms with Crippen molar-refractivity contribution in [2.75, 3.05) is 7.11 Å².